The maximum atomic E-state index is 12.4. The molecule has 0 bridgehead atoms. The lowest BCUT2D eigenvalue weighted by molar-refractivity contribution is -0.274. The van der Waals surface area contributed by atoms with E-state index >= 15 is 0 Å². The van der Waals surface area contributed by atoms with E-state index in [1.807, 2.05) is 30.3 Å². The van der Waals surface area contributed by atoms with E-state index in [0.717, 1.165) is 17.7 Å². The van der Waals surface area contributed by atoms with E-state index in [4.69, 9.17) is 4.74 Å². The normalized spacial score (nSPS) is 13.4. The molecule has 0 atom stereocenters. The number of carbonyl (C=O) groups excluding carboxylic acids is 2. The molecule has 1 amide bonds. The first kappa shape index (κ1) is 19.5. The Labute approximate surface area is 169 Å². The molecule has 1 aliphatic rings. The Hall–Kier alpha value is -3.81. The van der Waals surface area contributed by atoms with Crippen molar-refractivity contribution in [2.75, 3.05) is 4.90 Å². The van der Waals surface area contributed by atoms with Crippen LogP contribution >= 0.6 is 0 Å². The molecule has 30 heavy (non-hydrogen) atoms. The van der Waals surface area contributed by atoms with Crippen LogP contribution in [-0.2, 0) is 11.3 Å². The van der Waals surface area contributed by atoms with E-state index in [1.54, 1.807) is 24.3 Å². The van der Waals surface area contributed by atoms with Crippen molar-refractivity contribution in [2.45, 2.75) is 12.9 Å². The van der Waals surface area contributed by atoms with Crippen molar-refractivity contribution in [1.82, 2.24) is 0 Å². The molecule has 0 aromatic heterocycles. The summed E-state index contributed by atoms with van der Waals surface area (Å²) < 4.78 is 46.8. The lowest BCUT2D eigenvalue weighted by atomic mass is 10.1. The van der Waals surface area contributed by atoms with Crippen LogP contribution in [0.25, 0.3) is 0 Å². The van der Waals surface area contributed by atoms with Gasteiger partial charge in [0.15, 0.2) is 0 Å². The largest absolute Gasteiger partial charge is 0.573 e. The molecule has 5 nitrogen and oxygen atoms in total. The number of para-hydroxylation sites is 1. The minimum Gasteiger partial charge on any atom is -0.457 e. The number of ether oxygens (including phenoxy) is 2. The van der Waals surface area contributed by atoms with E-state index in [9.17, 15) is 22.8 Å². The Balaban J connectivity index is 1.51. The Bertz CT molecular complexity index is 1100. The van der Waals surface area contributed by atoms with Gasteiger partial charge in [-0.3, -0.25) is 9.59 Å². The fourth-order valence-electron chi connectivity index (χ4n) is 3.10. The van der Waals surface area contributed by atoms with Crippen molar-refractivity contribution >= 4 is 17.4 Å². The first-order chi connectivity index (χ1) is 14.3. The van der Waals surface area contributed by atoms with Gasteiger partial charge in [0.25, 0.3) is 11.7 Å². The second-order valence-corrected chi connectivity index (χ2v) is 6.51. The summed E-state index contributed by atoms with van der Waals surface area (Å²) in [4.78, 5) is 25.8. The Kier molecular flexibility index (Phi) is 4.91. The van der Waals surface area contributed by atoms with E-state index in [0.29, 0.717) is 11.5 Å². The van der Waals surface area contributed by atoms with Gasteiger partial charge in [-0.1, -0.05) is 30.3 Å². The highest BCUT2D eigenvalue weighted by Gasteiger charge is 2.37. The predicted octanol–water partition coefficient (Wildman–Crippen LogP) is 5.11. The summed E-state index contributed by atoms with van der Waals surface area (Å²) in [5.41, 5.74) is 0.843. The first-order valence-electron chi connectivity index (χ1n) is 8.88. The highest BCUT2D eigenvalue weighted by molar-refractivity contribution is 6.52. The van der Waals surface area contributed by atoms with Crippen LogP contribution < -0.4 is 14.4 Å². The molecule has 0 saturated carbocycles. The van der Waals surface area contributed by atoms with Crippen molar-refractivity contribution in [3.63, 3.8) is 0 Å². The average molecular weight is 413 g/mol. The van der Waals surface area contributed by atoms with Crippen LogP contribution in [0.1, 0.15) is 15.9 Å². The summed E-state index contributed by atoms with van der Waals surface area (Å²) in [6, 6.07) is 19.4. The van der Waals surface area contributed by atoms with Gasteiger partial charge in [0.2, 0.25) is 0 Å². The second-order valence-electron chi connectivity index (χ2n) is 6.51. The highest BCUT2D eigenvalue weighted by atomic mass is 19.4. The SMILES string of the molecule is O=C1C(=O)N(Cc2ccc(Oc3ccccc3)cc2)c2ccc(OC(F)(F)F)cc21. The van der Waals surface area contributed by atoms with Gasteiger partial charge >= 0.3 is 6.36 Å². The number of Topliss-reactive ketones (excluding diaryl/α,β-unsaturated/α-hetero) is 1. The second kappa shape index (κ2) is 7.55. The molecule has 0 saturated heterocycles. The van der Waals surface area contributed by atoms with Gasteiger partial charge in [-0.25, -0.2) is 0 Å². The third kappa shape index (κ3) is 4.12. The molecular weight excluding hydrogens is 399 g/mol. The van der Waals surface area contributed by atoms with Gasteiger partial charge in [0.1, 0.15) is 17.2 Å². The number of amides is 1. The molecule has 0 aliphatic carbocycles. The van der Waals surface area contributed by atoms with Crippen LogP contribution in [-0.4, -0.2) is 18.1 Å². The van der Waals surface area contributed by atoms with Gasteiger partial charge < -0.3 is 14.4 Å². The van der Waals surface area contributed by atoms with Crippen LogP contribution in [0.4, 0.5) is 18.9 Å². The number of benzene rings is 3. The number of fused-ring (bicyclic) bond motifs is 1. The zero-order valence-corrected chi connectivity index (χ0v) is 15.3. The molecule has 1 aliphatic heterocycles. The summed E-state index contributed by atoms with van der Waals surface area (Å²) in [5, 5.41) is 0. The molecular formula is C22H14F3NO4. The maximum Gasteiger partial charge on any atom is 0.573 e. The molecule has 8 heteroatoms. The first-order valence-corrected chi connectivity index (χ1v) is 8.88. The Morgan fingerprint density at radius 2 is 1.43 bits per heavy atom. The van der Waals surface area contributed by atoms with Gasteiger partial charge in [0, 0.05) is 0 Å². The number of ketones is 1. The monoisotopic (exact) mass is 413 g/mol. The predicted molar refractivity (Wildman–Crippen MR) is 102 cm³/mol. The zero-order valence-electron chi connectivity index (χ0n) is 15.3. The summed E-state index contributed by atoms with van der Waals surface area (Å²) in [6.07, 6.45) is -4.89. The minimum atomic E-state index is -4.89. The lowest BCUT2D eigenvalue weighted by Crippen LogP contribution is -2.29. The Morgan fingerprint density at radius 1 is 0.800 bits per heavy atom. The van der Waals surface area contributed by atoms with Crippen molar-refractivity contribution in [1.29, 1.82) is 0 Å². The third-order valence-corrected chi connectivity index (χ3v) is 4.42. The summed E-state index contributed by atoms with van der Waals surface area (Å²) in [6.45, 7) is 0.0860. The fraction of sp³-hybridized carbons (Fsp3) is 0.0909. The number of nitrogens with zero attached hydrogens (tertiary/aromatic N) is 1. The van der Waals surface area contributed by atoms with Crippen molar-refractivity contribution < 1.29 is 32.2 Å². The highest BCUT2D eigenvalue weighted by Crippen LogP contribution is 2.35. The van der Waals surface area contributed by atoms with Crippen molar-refractivity contribution in [3.8, 4) is 17.2 Å². The van der Waals surface area contributed by atoms with Crippen LogP contribution in [0.3, 0.4) is 0 Å². The third-order valence-electron chi connectivity index (χ3n) is 4.42. The molecule has 0 unspecified atom stereocenters. The summed E-state index contributed by atoms with van der Waals surface area (Å²) >= 11 is 0. The molecule has 3 aromatic carbocycles. The van der Waals surface area contributed by atoms with E-state index in [2.05, 4.69) is 4.74 Å². The van der Waals surface area contributed by atoms with Gasteiger partial charge in [-0.05, 0) is 48.0 Å². The van der Waals surface area contributed by atoms with Crippen molar-refractivity contribution in [3.05, 3.63) is 83.9 Å². The van der Waals surface area contributed by atoms with Crippen molar-refractivity contribution in [2.24, 2.45) is 0 Å². The van der Waals surface area contributed by atoms with Crippen LogP contribution in [0.15, 0.2) is 72.8 Å². The number of rotatable bonds is 5. The van der Waals surface area contributed by atoms with Crippen LogP contribution in [0, 0.1) is 0 Å². The minimum absolute atomic E-state index is 0.0860. The number of carbonyl (C=O) groups is 2. The Morgan fingerprint density at radius 3 is 2.10 bits per heavy atom. The summed E-state index contributed by atoms with van der Waals surface area (Å²) in [5.74, 6) is -0.952. The number of alkyl halides is 3. The van der Waals surface area contributed by atoms with E-state index in [1.165, 1.54) is 11.0 Å². The van der Waals surface area contributed by atoms with Crippen LogP contribution in [0.5, 0.6) is 17.2 Å². The zero-order chi connectivity index (χ0) is 21.3. The number of anilines is 1. The van der Waals surface area contributed by atoms with Gasteiger partial charge in [0.05, 0.1) is 17.8 Å². The maximum absolute atomic E-state index is 12.4. The van der Waals surface area contributed by atoms with Gasteiger partial charge in [-0.2, -0.15) is 0 Å². The van der Waals surface area contributed by atoms with E-state index in [-0.39, 0.29) is 17.8 Å². The van der Waals surface area contributed by atoms with Gasteiger partial charge in [-0.15, -0.1) is 13.2 Å². The number of halogens is 3. The van der Waals surface area contributed by atoms with E-state index < -0.39 is 23.8 Å². The molecule has 152 valence electrons. The molecule has 0 fully saturated rings. The standard InChI is InChI=1S/C22H14F3NO4/c23-22(24,25)30-17-10-11-19-18(12-17)20(27)21(28)26(19)13-14-6-8-16(9-7-14)29-15-4-2-1-3-5-15/h1-12H,13H2. The molecule has 1 heterocycles. The number of hydrogen-bond donors (Lipinski definition) is 0. The molecule has 0 N–H and O–H groups in total. The molecule has 4 rings (SSSR count). The summed E-state index contributed by atoms with van der Waals surface area (Å²) in [7, 11) is 0. The quantitative estimate of drug-likeness (QED) is 0.546. The molecule has 0 radical (unpaired) electrons. The number of hydrogen-bond acceptors (Lipinski definition) is 4. The molecule has 0 spiro atoms. The average Bonchev–Trinajstić information content (AvgIpc) is 2.94. The molecule has 3 aromatic rings. The lowest BCUT2D eigenvalue weighted by Gasteiger charge is -2.17. The smallest absolute Gasteiger partial charge is 0.457 e. The van der Waals surface area contributed by atoms with Crippen LogP contribution in [0.2, 0.25) is 0 Å². The fourth-order valence-corrected chi connectivity index (χ4v) is 3.10. The topological polar surface area (TPSA) is 55.8 Å².